The van der Waals surface area contributed by atoms with Crippen LogP contribution in [0.3, 0.4) is 0 Å². The molecule has 2 atom stereocenters. The van der Waals surface area contributed by atoms with Gasteiger partial charge in [-0.3, -0.25) is 0 Å². The SMILES string of the molecule is COc1cc(C)cc(C)c1C(N[S+]([O-])C(C)(C)C)(c1nc2ccc(C#N)cc2[nH]1)C1CC1. The average molecular weight is 451 g/mol. The van der Waals surface area contributed by atoms with Gasteiger partial charge in [-0.05, 0) is 88.8 Å². The average Bonchev–Trinajstić information content (AvgIpc) is 3.49. The van der Waals surface area contributed by atoms with Crippen LogP contribution < -0.4 is 9.46 Å². The molecular formula is C25H30N4O2S. The summed E-state index contributed by atoms with van der Waals surface area (Å²) in [7, 11) is 1.67. The summed E-state index contributed by atoms with van der Waals surface area (Å²) in [5.41, 5.74) is 4.45. The molecule has 2 aromatic carbocycles. The molecule has 0 amide bonds. The molecule has 1 aromatic heterocycles. The van der Waals surface area contributed by atoms with Crippen LogP contribution >= 0.6 is 0 Å². The Morgan fingerprint density at radius 3 is 2.53 bits per heavy atom. The topological polar surface area (TPSA) is 96.8 Å². The van der Waals surface area contributed by atoms with E-state index in [0.717, 1.165) is 46.3 Å². The number of methoxy groups -OCH3 is 1. The maximum Gasteiger partial charge on any atom is 0.152 e. The second-order valence-electron chi connectivity index (χ2n) is 9.65. The molecule has 6 nitrogen and oxygen atoms in total. The minimum absolute atomic E-state index is 0.208. The van der Waals surface area contributed by atoms with Crippen molar-refractivity contribution in [2.24, 2.45) is 5.92 Å². The smallest absolute Gasteiger partial charge is 0.152 e. The molecule has 1 heterocycles. The Morgan fingerprint density at radius 2 is 1.94 bits per heavy atom. The molecule has 3 aromatic rings. The van der Waals surface area contributed by atoms with Gasteiger partial charge in [-0.25, -0.2) is 4.98 Å². The number of benzene rings is 2. The van der Waals surface area contributed by atoms with Crippen LogP contribution in [0.5, 0.6) is 5.75 Å². The number of imidazole rings is 1. The lowest BCUT2D eigenvalue weighted by Crippen LogP contribution is -2.54. The van der Waals surface area contributed by atoms with Crippen LogP contribution in [-0.4, -0.2) is 26.4 Å². The van der Waals surface area contributed by atoms with Gasteiger partial charge < -0.3 is 14.3 Å². The lowest BCUT2D eigenvalue weighted by atomic mass is 9.81. The first-order chi connectivity index (χ1) is 15.1. The molecule has 0 bridgehead atoms. The van der Waals surface area contributed by atoms with E-state index in [1.807, 2.05) is 45.9 Å². The number of nitrogens with zero attached hydrogens (tertiary/aromatic N) is 2. The molecule has 0 aliphatic heterocycles. The zero-order valence-electron chi connectivity index (χ0n) is 19.5. The highest BCUT2D eigenvalue weighted by Gasteiger charge is 2.56. The van der Waals surface area contributed by atoms with Crippen molar-refractivity contribution in [2.45, 2.75) is 57.7 Å². The van der Waals surface area contributed by atoms with Gasteiger partial charge in [0, 0.05) is 16.9 Å². The van der Waals surface area contributed by atoms with Crippen molar-refractivity contribution in [3.63, 3.8) is 0 Å². The maximum absolute atomic E-state index is 13.5. The summed E-state index contributed by atoms with van der Waals surface area (Å²) in [6.07, 6.45) is 1.98. The number of fused-ring (bicyclic) bond motifs is 1. The predicted molar refractivity (Wildman–Crippen MR) is 128 cm³/mol. The van der Waals surface area contributed by atoms with Gasteiger partial charge in [-0.2, -0.15) is 5.26 Å². The van der Waals surface area contributed by atoms with Crippen molar-refractivity contribution in [1.82, 2.24) is 14.7 Å². The fraction of sp³-hybridized carbons (Fsp3) is 0.440. The third-order valence-corrected chi connectivity index (χ3v) is 7.66. The molecule has 2 N–H and O–H groups in total. The number of aromatic amines is 1. The number of H-pyrrole nitrogens is 1. The largest absolute Gasteiger partial charge is 0.598 e. The number of ether oxygens (including phenoxy) is 1. The fourth-order valence-corrected chi connectivity index (χ4v) is 5.34. The van der Waals surface area contributed by atoms with E-state index in [1.165, 1.54) is 0 Å². The molecule has 0 spiro atoms. The summed E-state index contributed by atoms with van der Waals surface area (Å²) in [4.78, 5) is 8.42. The molecule has 168 valence electrons. The standard InChI is InChI=1S/C25H30N4O2S/c1-15-11-16(2)22(21(12-15)31-6)25(18-8-9-18,29-32(30)24(3,4)5)23-27-19-10-7-17(14-26)13-20(19)28-23/h7,10-13,18,29H,8-9H2,1-6H3,(H,27,28). The first-order valence-electron chi connectivity index (χ1n) is 10.9. The summed E-state index contributed by atoms with van der Waals surface area (Å²) < 4.78 is 22.5. The van der Waals surface area contributed by atoms with Crippen molar-refractivity contribution in [1.29, 1.82) is 5.26 Å². The van der Waals surface area contributed by atoms with E-state index >= 15 is 0 Å². The Morgan fingerprint density at radius 1 is 1.22 bits per heavy atom. The highest BCUT2D eigenvalue weighted by Crippen LogP contribution is 2.53. The molecule has 32 heavy (non-hydrogen) atoms. The number of aromatic nitrogens is 2. The highest BCUT2D eigenvalue weighted by molar-refractivity contribution is 7.90. The molecule has 1 aliphatic carbocycles. The molecule has 1 aliphatic rings. The summed E-state index contributed by atoms with van der Waals surface area (Å²) in [6.45, 7) is 10.0. The van der Waals surface area contributed by atoms with Crippen LogP contribution in [0.1, 0.15) is 61.7 Å². The van der Waals surface area contributed by atoms with Gasteiger partial charge in [0.25, 0.3) is 0 Å². The van der Waals surface area contributed by atoms with E-state index in [1.54, 1.807) is 13.2 Å². The van der Waals surface area contributed by atoms with Gasteiger partial charge in [-0.15, -0.1) is 4.72 Å². The van der Waals surface area contributed by atoms with Crippen molar-refractivity contribution in [3.05, 3.63) is 58.4 Å². The van der Waals surface area contributed by atoms with Crippen molar-refractivity contribution < 1.29 is 9.29 Å². The van der Waals surface area contributed by atoms with E-state index in [4.69, 9.17) is 9.72 Å². The van der Waals surface area contributed by atoms with Crippen LogP contribution in [0.2, 0.25) is 0 Å². The molecule has 0 radical (unpaired) electrons. The first-order valence-corrected chi connectivity index (χ1v) is 12.0. The normalized spacial score (nSPS) is 17.1. The highest BCUT2D eigenvalue weighted by atomic mass is 32.2. The number of hydrogen-bond acceptors (Lipinski definition) is 5. The zero-order chi connectivity index (χ0) is 23.3. The van der Waals surface area contributed by atoms with E-state index < -0.39 is 21.6 Å². The zero-order valence-corrected chi connectivity index (χ0v) is 20.3. The van der Waals surface area contributed by atoms with Gasteiger partial charge in [0.2, 0.25) is 0 Å². The molecule has 7 heteroatoms. The van der Waals surface area contributed by atoms with E-state index in [-0.39, 0.29) is 5.92 Å². The summed E-state index contributed by atoms with van der Waals surface area (Å²) in [5, 5.41) is 9.33. The van der Waals surface area contributed by atoms with Gasteiger partial charge >= 0.3 is 0 Å². The third-order valence-electron chi connectivity index (χ3n) is 6.04. The van der Waals surface area contributed by atoms with E-state index in [9.17, 15) is 9.81 Å². The Balaban J connectivity index is 2.02. The molecule has 4 rings (SSSR count). The Bertz CT molecular complexity index is 1200. The maximum atomic E-state index is 13.5. The Labute approximate surface area is 192 Å². The number of hydrogen-bond donors (Lipinski definition) is 2. The number of rotatable bonds is 6. The third kappa shape index (κ3) is 3.88. The Hall–Kier alpha value is -2.53. The second-order valence-corrected chi connectivity index (χ2v) is 11.6. The number of nitrogens with one attached hydrogen (secondary N) is 2. The molecular weight excluding hydrogens is 420 g/mol. The van der Waals surface area contributed by atoms with Crippen LogP contribution in [0.4, 0.5) is 0 Å². The van der Waals surface area contributed by atoms with Crippen LogP contribution in [0.15, 0.2) is 30.3 Å². The van der Waals surface area contributed by atoms with Crippen LogP contribution in [0, 0.1) is 31.1 Å². The van der Waals surface area contributed by atoms with Crippen molar-refractivity contribution in [2.75, 3.05) is 7.11 Å². The predicted octanol–water partition coefficient (Wildman–Crippen LogP) is 4.77. The molecule has 2 unspecified atom stereocenters. The fourth-order valence-electron chi connectivity index (χ4n) is 4.38. The second kappa shape index (κ2) is 8.11. The van der Waals surface area contributed by atoms with Gasteiger partial charge in [-0.1, -0.05) is 6.07 Å². The summed E-state index contributed by atoms with van der Waals surface area (Å²) in [5.74, 6) is 1.67. The molecule has 1 saturated carbocycles. The summed E-state index contributed by atoms with van der Waals surface area (Å²) in [6, 6.07) is 11.8. The van der Waals surface area contributed by atoms with E-state index in [0.29, 0.717) is 11.4 Å². The minimum Gasteiger partial charge on any atom is -0.598 e. The van der Waals surface area contributed by atoms with Crippen molar-refractivity contribution >= 4 is 22.4 Å². The summed E-state index contributed by atoms with van der Waals surface area (Å²) >= 11 is -1.36. The van der Waals surface area contributed by atoms with Gasteiger partial charge in [0.1, 0.15) is 16.3 Å². The quantitative estimate of drug-likeness (QED) is 0.528. The number of aryl methyl sites for hydroxylation is 2. The lowest BCUT2D eigenvalue weighted by Gasteiger charge is -2.38. The van der Waals surface area contributed by atoms with E-state index in [2.05, 4.69) is 28.8 Å². The number of nitriles is 1. The van der Waals surface area contributed by atoms with Crippen LogP contribution in [0.25, 0.3) is 11.0 Å². The monoisotopic (exact) mass is 450 g/mol. The van der Waals surface area contributed by atoms with Gasteiger partial charge in [0.15, 0.2) is 5.54 Å². The minimum atomic E-state index is -1.36. The van der Waals surface area contributed by atoms with Crippen molar-refractivity contribution in [3.8, 4) is 11.8 Å². The molecule has 0 saturated heterocycles. The first kappa shape index (κ1) is 22.7. The Kier molecular flexibility index (Phi) is 5.74. The molecule has 1 fully saturated rings. The lowest BCUT2D eigenvalue weighted by molar-refractivity contribution is 0.349. The van der Waals surface area contributed by atoms with Gasteiger partial charge in [0.05, 0.1) is 29.8 Å². The van der Waals surface area contributed by atoms with Crippen LogP contribution in [-0.2, 0) is 16.9 Å².